The van der Waals surface area contributed by atoms with Crippen molar-refractivity contribution in [3.63, 3.8) is 0 Å². The van der Waals surface area contributed by atoms with Crippen molar-refractivity contribution >= 4 is 34.7 Å². The number of hydrogen-bond acceptors (Lipinski definition) is 3. The summed E-state index contributed by atoms with van der Waals surface area (Å²) >= 11 is 7.48. The van der Waals surface area contributed by atoms with Gasteiger partial charge in [0.15, 0.2) is 0 Å². The fourth-order valence-corrected chi connectivity index (χ4v) is 4.27. The molecule has 2 aliphatic rings. The Balaban J connectivity index is 1.52. The van der Waals surface area contributed by atoms with E-state index in [1.807, 2.05) is 16.3 Å². The summed E-state index contributed by atoms with van der Waals surface area (Å²) in [6.07, 6.45) is 3.68. The number of urea groups is 1. The van der Waals surface area contributed by atoms with Gasteiger partial charge < -0.3 is 15.1 Å². The van der Waals surface area contributed by atoms with Gasteiger partial charge in [-0.25, -0.2) is 4.79 Å². The van der Waals surface area contributed by atoms with Crippen molar-refractivity contribution in [3.05, 3.63) is 15.8 Å². The molecule has 21 heavy (non-hydrogen) atoms. The first-order valence-electron chi connectivity index (χ1n) is 7.61. The summed E-state index contributed by atoms with van der Waals surface area (Å²) in [6.45, 7) is 4.14. The van der Waals surface area contributed by atoms with E-state index in [-0.39, 0.29) is 6.03 Å². The molecule has 3 rings (SSSR count). The highest BCUT2D eigenvalue weighted by Gasteiger charge is 2.33. The second-order valence-corrected chi connectivity index (χ2v) is 7.69. The van der Waals surface area contributed by atoms with Crippen LogP contribution >= 0.6 is 22.9 Å². The molecule has 2 aliphatic heterocycles. The van der Waals surface area contributed by atoms with Crippen molar-refractivity contribution in [2.45, 2.75) is 19.3 Å². The molecule has 1 aromatic heterocycles. The Bertz CT molecular complexity index is 499. The molecule has 0 aliphatic carbocycles. The molecule has 4 nitrogen and oxygen atoms in total. The average Bonchev–Trinajstić information content (AvgIpc) is 3.10. The van der Waals surface area contributed by atoms with Gasteiger partial charge >= 0.3 is 6.03 Å². The zero-order chi connectivity index (χ0) is 14.8. The lowest BCUT2D eigenvalue weighted by Gasteiger charge is -2.32. The van der Waals surface area contributed by atoms with Crippen molar-refractivity contribution in [3.8, 4) is 0 Å². The zero-order valence-corrected chi connectivity index (χ0v) is 13.9. The fraction of sp³-hybridized carbons (Fsp3) is 0.667. The Hall–Kier alpha value is -0.780. The van der Waals surface area contributed by atoms with Crippen molar-refractivity contribution in [2.24, 2.45) is 11.8 Å². The smallest absolute Gasteiger partial charge is 0.321 e. The summed E-state index contributed by atoms with van der Waals surface area (Å²) < 4.78 is 0.648. The van der Waals surface area contributed by atoms with E-state index in [1.165, 1.54) is 37.3 Å². The maximum absolute atomic E-state index is 12.3. The number of amides is 2. The molecule has 1 N–H and O–H groups in total. The van der Waals surface area contributed by atoms with Crippen LogP contribution in [0.2, 0.25) is 4.34 Å². The predicted molar refractivity (Wildman–Crippen MR) is 88.2 cm³/mol. The maximum Gasteiger partial charge on any atom is 0.321 e. The second-order valence-electron chi connectivity index (χ2n) is 6.17. The van der Waals surface area contributed by atoms with E-state index >= 15 is 0 Å². The van der Waals surface area contributed by atoms with E-state index in [0.717, 1.165) is 31.1 Å². The Morgan fingerprint density at radius 2 is 2.00 bits per heavy atom. The lowest BCUT2D eigenvalue weighted by Crippen LogP contribution is -2.36. The number of hydrogen-bond donors (Lipinski definition) is 1. The third-order valence-electron chi connectivity index (χ3n) is 4.80. The second kappa shape index (κ2) is 6.55. The fourth-order valence-electron chi connectivity index (χ4n) is 3.43. The molecule has 1 atom stereocenters. The van der Waals surface area contributed by atoms with Gasteiger partial charge in [-0.15, -0.1) is 11.3 Å². The highest BCUT2D eigenvalue weighted by molar-refractivity contribution is 7.15. The van der Waals surface area contributed by atoms with E-state index in [1.54, 1.807) is 0 Å². The van der Waals surface area contributed by atoms with E-state index in [9.17, 15) is 4.79 Å². The number of piperidine rings is 1. The predicted octanol–water partition coefficient (Wildman–Crippen LogP) is 3.60. The number of thiophene rings is 1. The summed E-state index contributed by atoms with van der Waals surface area (Å²) in [5, 5.41) is 4.81. The van der Waals surface area contributed by atoms with Gasteiger partial charge in [-0.1, -0.05) is 11.6 Å². The summed E-state index contributed by atoms with van der Waals surface area (Å²) in [6, 6.07) is 1.85. The molecule has 0 aromatic carbocycles. The minimum Gasteiger partial charge on any atom is -0.324 e. The summed E-state index contributed by atoms with van der Waals surface area (Å²) in [4.78, 5) is 16.6. The van der Waals surface area contributed by atoms with Gasteiger partial charge in [-0.05, 0) is 62.7 Å². The molecule has 2 amide bonds. The number of nitrogens with zero attached hydrogens (tertiary/aromatic N) is 2. The standard InChI is InChI=1S/C15H22ClN3OS/c1-18-6-2-11(3-7-18)12-4-8-19(10-12)15(20)17-13-5-9-21-14(13)16/h5,9,11-12H,2-4,6-8,10H2,1H3,(H,17,20)/t12-/m1/s1. The lowest BCUT2D eigenvalue weighted by molar-refractivity contribution is 0.170. The number of carbonyl (C=O) groups is 1. The molecule has 116 valence electrons. The van der Waals surface area contributed by atoms with Gasteiger partial charge in [0, 0.05) is 13.1 Å². The van der Waals surface area contributed by atoms with Gasteiger partial charge in [-0.2, -0.15) is 0 Å². The Labute approximate surface area is 135 Å². The largest absolute Gasteiger partial charge is 0.324 e. The molecule has 6 heteroatoms. The first-order chi connectivity index (χ1) is 10.1. The van der Waals surface area contributed by atoms with Crippen molar-refractivity contribution in [1.29, 1.82) is 0 Å². The first kappa shape index (κ1) is 15.1. The number of carbonyl (C=O) groups excluding carboxylic acids is 1. The van der Waals surface area contributed by atoms with E-state index in [0.29, 0.717) is 10.3 Å². The summed E-state index contributed by atoms with van der Waals surface area (Å²) in [7, 11) is 2.19. The highest BCUT2D eigenvalue weighted by atomic mass is 35.5. The van der Waals surface area contributed by atoms with Crippen LogP contribution in [0.15, 0.2) is 11.4 Å². The highest BCUT2D eigenvalue weighted by Crippen LogP contribution is 2.32. The van der Waals surface area contributed by atoms with Crippen LogP contribution in [0.4, 0.5) is 10.5 Å². The summed E-state index contributed by atoms with van der Waals surface area (Å²) in [5.74, 6) is 1.45. The minimum absolute atomic E-state index is 0.00859. The van der Waals surface area contributed by atoms with Crippen LogP contribution in [-0.2, 0) is 0 Å². The summed E-state index contributed by atoms with van der Waals surface area (Å²) in [5.41, 5.74) is 0.731. The third kappa shape index (κ3) is 3.52. The number of rotatable bonds is 2. The van der Waals surface area contributed by atoms with Gasteiger partial charge in [0.2, 0.25) is 0 Å². The molecular formula is C15H22ClN3OS. The van der Waals surface area contributed by atoms with Gasteiger partial charge in [0.1, 0.15) is 4.34 Å². The average molecular weight is 328 g/mol. The molecule has 2 fully saturated rings. The molecule has 0 radical (unpaired) electrons. The van der Waals surface area contributed by atoms with Crippen LogP contribution in [0.5, 0.6) is 0 Å². The molecule has 0 bridgehead atoms. The molecule has 1 aromatic rings. The Morgan fingerprint density at radius 3 is 2.67 bits per heavy atom. The SMILES string of the molecule is CN1CCC([C@@H]2CCN(C(=O)Nc3ccsc3Cl)C2)CC1. The molecule has 0 unspecified atom stereocenters. The minimum atomic E-state index is -0.00859. The van der Waals surface area contributed by atoms with E-state index < -0.39 is 0 Å². The van der Waals surface area contributed by atoms with Gasteiger partial charge in [-0.3, -0.25) is 0 Å². The topological polar surface area (TPSA) is 35.6 Å². The van der Waals surface area contributed by atoms with Crippen molar-refractivity contribution in [1.82, 2.24) is 9.80 Å². The third-order valence-corrected chi connectivity index (χ3v) is 5.97. The van der Waals surface area contributed by atoms with Crippen molar-refractivity contribution in [2.75, 3.05) is 38.5 Å². The van der Waals surface area contributed by atoms with E-state index in [4.69, 9.17) is 11.6 Å². The normalized spacial score (nSPS) is 24.5. The monoisotopic (exact) mass is 327 g/mol. The number of anilines is 1. The van der Waals surface area contributed by atoms with Crippen molar-refractivity contribution < 1.29 is 4.79 Å². The molecule has 3 heterocycles. The van der Waals surface area contributed by atoms with Crippen LogP contribution in [0, 0.1) is 11.8 Å². The Morgan fingerprint density at radius 1 is 1.29 bits per heavy atom. The van der Waals surface area contributed by atoms with Gasteiger partial charge in [0.25, 0.3) is 0 Å². The zero-order valence-electron chi connectivity index (χ0n) is 12.3. The maximum atomic E-state index is 12.3. The first-order valence-corrected chi connectivity index (χ1v) is 8.86. The molecule has 0 saturated carbocycles. The van der Waals surface area contributed by atoms with Crippen LogP contribution < -0.4 is 5.32 Å². The van der Waals surface area contributed by atoms with E-state index in [2.05, 4.69) is 17.3 Å². The van der Waals surface area contributed by atoms with Gasteiger partial charge in [0.05, 0.1) is 5.69 Å². The lowest BCUT2D eigenvalue weighted by atomic mass is 9.84. The van der Waals surface area contributed by atoms with Crippen LogP contribution in [0.25, 0.3) is 0 Å². The number of nitrogens with one attached hydrogen (secondary N) is 1. The molecule has 2 saturated heterocycles. The number of halogens is 1. The quantitative estimate of drug-likeness (QED) is 0.901. The Kier molecular flexibility index (Phi) is 4.72. The van der Waals surface area contributed by atoms with Crippen LogP contribution in [-0.4, -0.2) is 49.1 Å². The molecule has 0 spiro atoms. The van der Waals surface area contributed by atoms with Crippen LogP contribution in [0.1, 0.15) is 19.3 Å². The molecular weight excluding hydrogens is 306 g/mol. The number of likely N-dealkylation sites (tertiary alicyclic amines) is 2. The van der Waals surface area contributed by atoms with Crippen LogP contribution in [0.3, 0.4) is 0 Å².